The normalized spacial score (nSPS) is 22.1. The van der Waals surface area contributed by atoms with Crippen LogP contribution >= 0.6 is 11.8 Å². The number of carbonyl (C=O) groups excluding carboxylic acids is 1. The van der Waals surface area contributed by atoms with Crippen LogP contribution in [-0.2, 0) is 0 Å². The van der Waals surface area contributed by atoms with Crippen molar-refractivity contribution in [1.29, 1.82) is 0 Å². The molecule has 2 aliphatic rings. The number of hydrogen-bond donors (Lipinski definition) is 1. The first-order valence-corrected chi connectivity index (χ1v) is 10.6. The zero-order valence-electron chi connectivity index (χ0n) is 15.1. The molecular weight excluding hydrogens is 358 g/mol. The molecule has 0 aromatic heterocycles. The zero-order chi connectivity index (χ0) is 18.8. The van der Waals surface area contributed by atoms with Crippen LogP contribution in [0.2, 0.25) is 0 Å². The van der Waals surface area contributed by atoms with Crippen molar-refractivity contribution in [2.75, 3.05) is 12.3 Å². The van der Waals surface area contributed by atoms with Gasteiger partial charge in [0.15, 0.2) is 0 Å². The predicted molar refractivity (Wildman–Crippen MR) is 108 cm³/mol. The largest absolute Gasteiger partial charge is 0.478 e. The molecule has 27 heavy (non-hydrogen) atoms. The van der Waals surface area contributed by atoms with E-state index in [1.165, 1.54) is 19.3 Å². The summed E-state index contributed by atoms with van der Waals surface area (Å²) < 4.78 is 0. The maximum absolute atomic E-state index is 13.5. The average molecular weight is 381 g/mol. The predicted octanol–water partition coefficient (Wildman–Crippen LogP) is 4.55. The summed E-state index contributed by atoms with van der Waals surface area (Å²) in [6, 6.07) is 14.6. The van der Waals surface area contributed by atoms with Crippen molar-refractivity contribution in [3.05, 3.63) is 59.7 Å². The highest BCUT2D eigenvalue weighted by atomic mass is 32.2. The lowest BCUT2D eigenvalue weighted by atomic mass is 9.91. The Balaban J connectivity index is 1.73. The Morgan fingerprint density at radius 1 is 0.926 bits per heavy atom. The minimum absolute atomic E-state index is 0.0305. The molecule has 4 rings (SSSR count). The smallest absolute Gasteiger partial charge is 0.336 e. The third-order valence-corrected chi connectivity index (χ3v) is 6.99. The van der Waals surface area contributed by atoms with Crippen molar-refractivity contribution in [3.8, 4) is 11.1 Å². The number of benzene rings is 2. The second-order valence-electron chi connectivity index (χ2n) is 7.16. The first-order chi connectivity index (χ1) is 13.2. The van der Waals surface area contributed by atoms with Gasteiger partial charge < -0.3 is 10.0 Å². The van der Waals surface area contributed by atoms with Gasteiger partial charge in [-0.3, -0.25) is 4.79 Å². The second kappa shape index (κ2) is 7.77. The molecule has 2 aromatic rings. The van der Waals surface area contributed by atoms with Crippen molar-refractivity contribution in [1.82, 2.24) is 4.90 Å². The lowest BCUT2D eigenvalue weighted by Gasteiger charge is -2.43. The average Bonchev–Trinajstić information content (AvgIpc) is 2.73. The van der Waals surface area contributed by atoms with Gasteiger partial charge >= 0.3 is 5.97 Å². The number of carbonyl (C=O) groups is 2. The number of fused-ring (bicyclic) bond motifs is 1. The van der Waals surface area contributed by atoms with Gasteiger partial charge in [-0.05, 0) is 36.1 Å². The van der Waals surface area contributed by atoms with Gasteiger partial charge in [0.2, 0.25) is 0 Å². The first-order valence-electron chi connectivity index (χ1n) is 9.51. The lowest BCUT2D eigenvalue weighted by Crippen LogP contribution is -2.51. The maximum atomic E-state index is 13.5. The van der Waals surface area contributed by atoms with Crippen LogP contribution in [0.4, 0.5) is 0 Å². The Kier molecular flexibility index (Phi) is 5.21. The number of carboxylic acid groups (broad SMARTS) is 1. The standard InChI is InChI=1S/C22H23NO3S/c24-21(23-13-14-27-20-12-6-5-11-19(20)23)17-9-3-1-7-15(17)16-8-2-4-10-18(16)22(25)26/h1-4,7-10,19-20H,5-6,11-14H2,(H,25,26). The Labute approximate surface area is 163 Å². The van der Waals surface area contributed by atoms with Crippen molar-refractivity contribution in [2.24, 2.45) is 0 Å². The second-order valence-corrected chi connectivity index (χ2v) is 8.50. The van der Waals surface area contributed by atoms with Gasteiger partial charge in [-0.25, -0.2) is 4.79 Å². The Bertz CT molecular complexity index is 864. The van der Waals surface area contributed by atoms with E-state index < -0.39 is 5.97 Å². The molecule has 4 nitrogen and oxygen atoms in total. The van der Waals surface area contributed by atoms with E-state index in [1.54, 1.807) is 18.2 Å². The summed E-state index contributed by atoms with van der Waals surface area (Å²) in [6.45, 7) is 0.763. The minimum atomic E-state index is -0.977. The Morgan fingerprint density at radius 3 is 2.30 bits per heavy atom. The summed E-state index contributed by atoms with van der Waals surface area (Å²) in [7, 11) is 0. The molecule has 1 N–H and O–H groups in total. The van der Waals surface area contributed by atoms with E-state index in [1.807, 2.05) is 47.0 Å². The number of amides is 1. The Hall–Kier alpha value is -2.27. The van der Waals surface area contributed by atoms with E-state index in [0.717, 1.165) is 18.7 Å². The van der Waals surface area contributed by atoms with Crippen LogP contribution in [0.5, 0.6) is 0 Å². The van der Waals surface area contributed by atoms with Gasteiger partial charge in [0.1, 0.15) is 0 Å². The summed E-state index contributed by atoms with van der Waals surface area (Å²) in [5.74, 6) is 0.0263. The van der Waals surface area contributed by atoms with E-state index in [2.05, 4.69) is 0 Å². The molecule has 1 saturated heterocycles. The third-order valence-electron chi connectivity index (χ3n) is 5.60. The number of rotatable bonds is 3. The quantitative estimate of drug-likeness (QED) is 0.847. The highest BCUT2D eigenvalue weighted by Gasteiger charge is 2.37. The molecule has 1 saturated carbocycles. The minimum Gasteiger partial charge on any atom is -0.478 e. The number of carboxylic acids is 1. The van der Waals surface area contributed by atoms with E-state index in [4.69, 9.17) is 0 Å². The molecule has 2 fully saturated rings. The van der Waals surface area contributed by atoms with Crippen molar-refractivity contribution in [3.63, 3.8) is 0 Å². The number of thioether (sulfide) groups is 1. The van der Waals surface area contributed by atoms with E-state index in [0.29, 0.717) is 28.0 Å². The van der Waals surface area contributed by atoms with Crippen LogP contribution in [0.3, 0.4) is 0 Å². The molecule has 0 spiro atoms. The van der Waals surface area contributed by atoms with Gasteiger partial charge in [-0.1, -0.05) is 49.2 Å². The highest BCUT2D eigenvalue weighted by molar-refractivity contribution is 8.00. The summed E-state index contributed by atoms with van der Waals surface area (Å²) in [5.41, 5.74) is 2.12. The van der Waals surface area contributed by atoms with Crippen LogP contribution in [-0.4, -0.2) is 45.5 Å². The lowest BCUT2D eigenvalue weighted by molar-refractivity contribution is 0.0644. The van der Waals surface area contributed by atoms with E-state index in [9.17, 15) is 14.7 Å². The van der Waals surface area contributed by atoms with Gasteiger partial charge in [0.25, 0.3) is 5.91 Å². The van der Waals surface area contributed by atoms with Gasteiger partial charge in [-0.15, -0.1) is 0 Å². The topological polar surface area (TPSA) is 57.6 Å². The molecule has 1 heterocycles. The van der Waals surface area contributed by atoms with Crippen LogP contribution in [0, 0.1) is 0 Å². The molecule has 0 radical (unpaired) electrons. The maximum Gasteiger partial charge on any atom is 0.336 e. The first kappa shape index (κ1) is 18.1. The molecular formula is C22H23NO3S. The van der Waals surface area contributed by atoms with E-state index >= 15 is 0 Å². The fourth-order valence-corrected chi connectivity index (χ4v) is 5.76. The van der Waals surface area contributed by atoms with Crippen molar-refractivity contribution in [2.45, 2.75) is 37.0 Å². The van der Waals surface area contributed by atoms with Crippen molar-refractivity contribution < 1.29 is 14.7 Å². The van der Waals surface area contributed by atoms with Crippen LogP contribution in [0.1, 0.15) is 46.4 Å². The molecule has 5 heteroatoms. The summed E-state index contributed by atoms with van der Waals surface area (Å²) in [4.78, 5) is 27.2. The molecule has 0 bridgehead atoms. The molecule has 1 amide bonds. The summed E-state index contributed by atoms with van der Waals surface area (Å²) >= 11 is 2.00. The van der Waals surface area contributed by atoms with Crippen LogP contribution in [0.15, 0.2) is 48.5 Å². The van der Waals surface area contributed by atoms with Crippen LogP contribution in [0.25, 0.3) is 11.1 Å². The molecule has 140 valence electrons. The van der Waals surface area contributed by atoms with Gasteiger partial charge in [0.05, 0.1) is 5.56 Å². The number of nitrogens with zero attached hydrogens (tertiary/aromatic N) is 1. The molecule has 2 unspecified atom stereocenters. The van der Waals surface area contributed by atoms with Crippen LogP contribution < -0.4 is 0 Å². The van der Waals surface area contributed by atoms with Gasteiger partial charge in [0, 0.05) is 29.2 Å². The molecule has 1 aliphatic carbocycles. The number of aromatic carboxylic acids is 1. The van der Waals surface area contributed by atoms with E-state index in [-0.39, 0.29) is 11.5 Å². The summed E-state index contributed by atoms with van der Waals surface area (Å²) in [6.07, 6.45) is 4.67. The monoisotopic (exact) mass is 381 g/mol. The molecule has 2 atom stereocenters. The summed E-state index contributed by atoms with van der Waals surface area (Å²) in [5, 5.41) is 10.1. The van der Waals surface area contributed by atoms with Crippen molar-refractivity contribution >= 4 is 23.6 Å². The zero-order valence-corrected chi connectivity index (χ0v) is 16.0. The number of hydrogen-bond acceptors (Lipinski definition) is 3. The SMILES string of the molecule is O=C(O)c1ccccc1-c1ccccc1C(=O)N1CCSC2CCCCC21. The fourth-order valence-electron chi connectivity index (χ4n) is 4.31. The molecule has 1 aliphatic heterocycles. The Morgan fingerprint density at radius 2 is 1.56 bits per heavy atom. The van der Waals surface area contributed by atoms with Gasteiger partial charge in [-0.2, -0.15) is 11.8 Å². The third kappa shape index (κ3) is 3.48. The fraction of sp³-hybridized carbons (Fsp3) is 0.364. The molecule has 2 aromatic carbocycles. The highest BCUT2D eigenvalue weighted by Crippen LogP contribution is 2.37.